The first-order valence-electron chi connectivity index (χ1n) is 9.74. The van der Waals surface area contributed by atoms with E-state index in [9.17, 15) is 9.59 Å². The van der Waals surface area contributed by atoms with Crippen molar-refractivity contribution in [1.82, 2.24) is 4.57 Å². The minimum absolute atomic E-state index is 0.102. The number of methoxy groups -OCH3 is 2. The highest BCUT2D eigenvalue weighted by Gasteiger charge is 2.19. The van der Waals surface area contributed by atoms with E-state index in [1.54, 1.807) is 61.7 Å². The number of ether oxygens (including phenoxy) is 3. The highest BCUT2D eigenvalue weighted by atomic mass is 32.2. The number of nitrogens with zero attached hydrogens (tertiary/aromatic N) is 2. The molecule has 0 fully saturated rings. The van der Waals surface area contributed by atoms with Crippen molar-refractivity contribution in [2.75, 3.05) is 26.6 Å². The molecule has 0 aliphatic rings. The second-order valence-electron chi connectivity index (χ2n) is 6.30. The van der Waals surface area contributed by atoms with Crippen LogP contribution in [0.15, 0.2) is 46.3 Å². The molecule has 0 radical (unpaired) electrons. The van der Waals surface area contributed by atoms with E-state index in [2.05, 4.69) is 11.9 Å². The lowest BCUT2D eigenvalue weighted by Gasteiger charge is -2.10. The first-order chi connectivity index (χ1) is 15.0. The average molecular weight is 461 g/mol. The van der Waals surface area contributed by atoms with Gasteiger partial charge in [-0.2, -0.15) is 4.99 Å². The van der Waals surface area contributed by atoms with Gasteiger partial charge in [0.05, 0.1) is 20.8 Å². The number of hydrogen-bond acceptors (Lipinski definition) is 7. The van der Waals surface area contributed by atoms with E-state index in [0.717, 1.165) is 15.3 Å². The van der Waals surface area contributed by atoms with Gasteiger partial charge in [0.25, 0.3) is 5.91 Å². The number of carbonyl (C=O) groups excluding carboxylic acids is 2. The Morgan fingerprint density at radius 2 is 1.71 bits per heavy atom. The van der Waals surface area contributed by atoms with Gasteiger partial charge in [0.1, 0.15) is 28.3 Å². The minimum Gasteiger partial charge on any atom is -0.495 e. The number of benzene rings is 2. The fourth-order valence-electron chi connectivity index (χ4n) is 3.03. The SMILES string of the molecule is CCOC(=O)Cn1c(=NC(=O)c2ccc(SCC)cc2)sc2c(OC)ccc(OC)c21. The van der Waals surface area contributed by atoms with Gasteiger partial charge >= 0.3 is 5.97 Å². The first kappa shape index (κ1) is 22.9. The number of thioether (sulfide) groups is 1. The Hall–Kier alpha value is -2.78. The van der Waals surface area contributed by atoms with Gasteiger partial charge in [-0.15, -0.1) is 11.8 Å². The van der Waals surface area contributed by atoms with Crippen molar-refractivity contribution in [3.8, 4) is 11.5 Å². The maximum absolute atomic E-state index is 12.9. The van der Waals surface area contributed by atoms with Crippen LogP contribution in [0, 0.1) is 0 Å². The number of carbonyl (C=O) groups is 2. The summed E-state index contributed by atoms with van der Waals surface area (Å²) in [6, 6.07) is 10.9. The molecule has 0 aliphatic carbocycles. The summed E-state index contributed by atoms with van der Waals surface area (Å²) in [7, 11) is 3.11. The molecule has 2 aromatic carbocycles. The number of thiazole rings is 1. The van der Waals surface area contributed by atoms with Crippen LogP contribution in [0.4, 0.5) is 0 Å². The molecule has 0 spiro atoms. The summed E-state index contributed by atoms with van der Waals surface area (Å²) >= 11 is 2.96. The van der Waals surface area contributed by atoms with Gasteiger partial charge in [0.2, 0.25) is 0 Å². The Bertz CT molecular complexity index is 1150. The van der Waals surface area contributed by atoms with Gasteiger partial charge in [-0.3, -0.25) is 9.59 Å². The molecule has 0 atom stereocenters. The zero-order valence-corrected chi connectivity index (χ0v) is 19.5. The number of hydrogen-bond donors (Lipinski definition) is 0. The predicted molar refractivity (Wildman–Crippen MR) is 122 cm³/mol. The summed E-state index contributed by atoms with van der Waals surface area (Å²) in [4.78, 5) is 30.9. The zero-order chi connectivity index (χ0) is 22.4. The van der Waals surface area contributed by atoms with Crippen molar-refractivity contribution in [2.45, 2.75) is 25.3 Å². The van der Waals surface area contributed by atoms with Gasteiger partial charge in [-0.1, -0.05) is 18.3 Å². The number of aromatic nitrogens is 1. The van der Waals surface area contributed by atoms with E-state index in [-0.39, 0.29) is 13.2 Å². The van der Waals surface area contributed by atoms with Crippen molar-refractivity contribution in [3.63, 3.8) is 0 Å². The Labute approximate surface area is 188 Å². The van der Waals surface area contributed by atoms with Crippen LogP contribution >= 0.6 is 23.1 Å². The third kappa shape index (κ3) is 5.11. The van der Waals surface area contributed by atoms with Crippen LogP contribution in [-0.2, 0) is 16.1 Å². The maximum Gasteiger partial charge on any atom is 0.326 e. The molecular weight excluding hydrogens is 436 g/mol. The van der Waals surface area contributed by atoms with Crippen LogP contribution in [-0.4, -0.2) is 43.0 Å². The zero-order valence-electron chi connectivity index (χ0n) is 17.8. The molecule has 0 saturated carbocycles. The molecule has 9 heteroatoms. The van der Waals surface area contributed by atoms with Crippen LogP contribution in [0.1, 0.15) is 24.2 Å². The molecule has 0 unspecified atom stereocenters. The fourth-order valence-corrected chi connectivity index (χ4v) is 4.83. The lowest BCUT2D eigenvalue weighted by molar-refractivity contribution is -0.143. The molecule has 1 amide bonds. The van der Waals surface area contributed by atoms with E-state index < -0.39 is 11.9 Å². The maximum atomic E-state index is 12.9. The highest BCUT2D eigenvalue weighted by molar-refractivity contribution is 7.99. The number of fused-ring (bicyclic) bond motifs is 1. The molecule has 0 aliphatic heterocycles. The van der Waals surface area contributed by atoms with E-state index >= 15 is 0 Å². The molecule has 3 rings (SSSR count). The Morgan fingerprint density at radius 1 is 1.03 bits per heavy atom. The lowest BCUT2D eigenvalue weighted by atomic mass is 10.2. The second kappa shape index (κ2) is 10.5. The van der Waals surface area contributed by atoms with E-state index in [1.807, 2.05) is 12.1 Å². The summed E-state index contributed by atoms with van der Waals surface area (Å²) in [5.41, 5.74) is 1.10. The quantitative estimate of drug-likeness (QED) is 0.371. The smallest absolute Gasteiger partial charge is 0.326 e. The van der Waals surface area contributed by atoms with Crippen molar-refractivity contribution in [1.29, 1.82) is 0 Å². The molecule has 0 saturated heterocycles. The van der Waals surface area contributed by atoms with Crippen molar-refractivity contribution in [3.05, 3.63) is 46.8 Å². The lowest BCUT2D eigenvalue weighted by Crippen LogP contribution is -2.23. The molecule has 0 bridgehead atoms. The third-order valence-electron chi connectivity index (χ3n) is 4.39. The average Bonchev–Trinajstić information content (AvgIpc) is 3.11. The van der Waals surface area contributed by atoms with Crippen molar-refractivity contribution >= 4 is 45.2 Å². The van der Waals surface area contributed by atoms with Crippen LogP contribution < -0.4 is 14.3 Å². The predicted octanol–water partition coefficient (Wildman–Crippen LogP) is 4.14. The van der Waals surface area contributed by atoms with Gasteiger partial charge in [0, 0.05) is 10.5 Å². The summed E-state index contributed by atoms with van der Waals surface area (Å²) < 4.78 is 18.5. The van der Waals surface area contributed by atoms with Crippen molar-refractivity contribution < 1.29 is 23.8 Å². The summed E-state index contributed by atoms with van der Waals surface area (Å²) in [5, 5.41) is 0. The molecule has 31 heavy (non-hydrogen) atoms. The fraction of sp³-hybridized carbons (Fsp3) is 0.318. The highest BCUT2D eigenvalue weighted by Crippen LogP contribution is 2.35. The molecule has 1 aromatic heterocycles. The van der Waals surface area contributed by atoms with E-state index in [1.165, 1.54) is 11.3 Å². The van der Waals surface area contributed by atoms with Gasteiger partial charge in [-0.25, -0.2) is 0 Å². The third-order valence-corrected chi connectivity index (χ3v) is 6.38. The van der Waals surface area contributed by atoms with Crippen LogP contribution in [0.3, 0.4) is 0 Å². The van der Waals surface area contributed by atoms with Crippen molar-refractivity contribution in [2.24, 2.45) is 4.99 Å². The molecule has 0 N–H and O–H groups in total. The second-order valence-corrected chi connectivity index (χ2v) is 8.61. The van der Waals surface area contributed by atoms with Gasteiger partial charge in [0.15, 0.2) is 4.80 Å². The molecule has 1 heterocycles. The molecule has 7 nitrogen and oxygen atoms in total. The topological polar surface area (TPSA) is 79.1 Å². The normalized spacial score (nSPS) is 11.5. The van der Waals surface area contributed by atoms with Gasteiger partial charge in [-0.05, 0) is 49.1 Å². The van der Waals surface area contributed by atoms with Crippen LogP contribution in [0.25, 0.3) is 10.2 Å². The number of rotatable bonds is 8. The Balaban J connectivity index is 2.15. The van der Waals surface area contributed by atoms with E-state index in [4.69, 9.17) is 14.2 Å². The van der Waals surface area contributed by atoms with Gasteiger partial charge < -0.3 is 18.8 Å². The largest absolute Gasteiger partial charge is 0.495 e. The monoisotopic (exact) mass is 460 g/mol. The molecular formula is C22H24N2O5S2. The van der Waals surface area contributed by atoms with Crippen LogP contribution in [0.2, 0.25) is 0 Å². The van der Waals surface area contributed by atoms with E-state index in [0.29, 0.717) is 27.4 Å². The minimum atomic E-state index is -0.429. The number of esters is 1. The molecule has 164 valence electrons. The summed E-state index contributed by atoms with van der Waals surface area (Å²) in [6.45, 7) is 3.98. The first-order valence-corrected chi connectivity index (χ1v) is 11.5. The summed E-state index contributed by atoms with van der Waals surface area (Å²) in [5.74, 6) is 1.29. The molecule has 3 aromatic rings. The van der Waals surface area contributed by atoms with Crippen LogP contribution in [0.5, 0.6) is 11.5 Å². The number of amides is 1. The summed E-state index contributed by atoms with van der Waals surface area (Å²) in [6.07, 6.45) is 0. The Morgan fingerprint density at radius 3 is 2.32 bits per heavy atom. The standard InChI is InChI=1S/C22H24N2O5S2/c1-5-29-18(25)13-24-19-16(27-3)11-12-17(28-4)20(19)31-22(24)23-21(26)14-7-9-15(10-8-14)30-6-2/h7-12H,5-6,13H2,1-4H3. The Kier molecular flexibility index (Phi) is 7.75.